The number of alkyl halides is 3. The number of hydrogen-bond donors (Lipinski definition) is 0. The van der Waals surface area contributed by atoms with Gasteiger partial charge in [-0.3, -0.25) is 0 Å². The van der Waals surface area contributed by atoms with Crippen LogP contribution in [-0.2, 0) is 4.74 Å². The molecule has 0 aliphatic heterocycles. The molecule has 0 atom stereocenters. The summed E-state index contributed by atoms with van der Waals surface area (Å²) in [4.78, 5) is 11.2. The maximum Gasteiger partial charge on any atom is 0.422 e. The number of ether oxygens (including phenoxy) is 1. The van der Waals surface area contributed by atoms with E-state index in [4.69, 9.17) is 23.2 Å². The third-order valence-corrected chi connectivity index (χ3v) is 2.07. The molecule has 0 bridgehead atoms. The molecule has 0 aliphatic rings. The van der Waals surface area contributed by atoms with E-state index in [1.54, 1.807) is 0 Å². The smallest absolute Gasteiger partial charge is 0.422 e. The molecular weight excluding hydrogens is 268 g/mol. The lowest BCUT2D eigenvalue weighted by Crippen LogP contribution is -2.20. The molecule has 0 aromatic heterocycles. The SMILES string of the molecule is O=C(OCC(F)(F)F)c1ccc(Cl)cc1Cl. The molecule has 0 saturated heterocycles. The molecule has 7 heteroatoms. The van der Waals surface area contributed by atoms with Gasteiger partial charge < -0.3 is 4.74 Å². The Labute approximate surface area is 98.9 Å². The van der Waals surface area contributed by atoms with Crippen LogP contribution in [-0.4, -0.2) is 18.8 Å². The minimum atomic E-state index is -4.56. The predicted octanol–water partition coefficient (Wildman–Crippen LogP) is 3.71. The van der Waals surface area contributed by atoms with E-state index in [9.17, 15) is 18.0 Å². The highest BCUT2D eigenvalue weighted by atomic mass is 35.5. The van der Waals surface area contributed by atoms with Gasteiger partial charge in [-0.2, -0.15) is 13.2 Å². The molecule has 16 heavy (non-hydrogen) atoms. The van der Waals surface area contributed by atoms with Gasteiger partial charge >= 0.3 is 12.1 Å². The highest BCUT2D eigenvalue weighted by Crippen LogP contribution is 2.22. The Morgan fingerprint density at radius 1 is 1.31 bits per heavy atom. The molecule has 0 fully saturated rings. The van der Waals surface area contributed by atoms with Crippen LogP contribution in [0.1, 0.15) is 10.4 Å². The second-order valence-corrected chi connectivity index (χ2v) is 3.66. The van der Waals surface area contributed by atoms with Crippen molar-refractivity contribution in [3.05, 3.63) is 33.8 Å². The van der Waals surface area contributed by atoms with E-state index < -0.39 is 18.8 Å². The highest BCUT2D eigenvalue weighted by molar-refractivity contribution is 6.36. The number of hydrogen-bond acceptors (Lipinski definition) is 2. The number of benzene rings is 1. The number of rotatable bonds is 2. The second-order valence-electron chi connectivity index (χ2n) is 2.82. The van der Waals surface area contributed by atoms with Gasteiger partial charge in [-0.1, -0.05) is 23.2 Å². The van der Waals surface area contributed by atoms with Crippen LogP contribution in [0, 0.1) is 0 Å². The Hall–Kier alpha value is -0.940. The third-order valence-electron chi connectivity index (χ3n) is 1.52. The lowest BCUT2D eigenvalue weighted by molar-refractivity contribution is -0.161. The van der Waals surface area contributed by atoms with E-state index in [2.05, 4.69) is 4.74 Å². The Kier molecular flexibility index (Phi) is 4.04. The zero-order chi connectivity index (χ0) is 12.3. The van der Waals surface area contributed by atoms with E-state index >= 15 is 0 Å². The first kappa shape index (κ1) is 13.1. The average molecular weight is 273 g/mol. The van der Waals surface area contributed by atoms with E-state index in [0.717, 1.165) is 0 Å². The minimum absolute atomic E-state index is 0.0559. The Balaban J connectivity index is 2.74. The summed E-state index contributed by atoms with van der Waals surface area (Å²) in [5, 5.41) is 0.219. The van der Waals surface area contributed by atoms with Crippen LogP contribution in [0.3, 0.4) is 0 Å². The molecule has 0 saturated carbocycles. The molecule has 2 nitrogen and oxygen atoms in total. The maximum absolute atomic E-state index is 11.8. The lowest BCUT2D eigenvalue weighted by Gasteiger charge is -2.08. The zero-order valence-electron chi connectivity index (χ0n) is 7.65. The van der Waals surface area contributed by atoms with Crippen molar-refractivity contribution in [3.63, 3.8) is 0 Å². The first-order valence-electron chi connectivity index (χ1n) is 3.98. The Morgan fingerprint density at radius 2 is 1.94 bits per heavy atom. The fraction of sp³-hybridized carbons (Fsp3) is 0.222. The fourth-order valence-electron chi connectivity index (χ4n) is 0.880. The normalized spacial score (nSPS) is 11.3. The number of halogens is 5. The fourth-order valence-corrected chi connectivity index (χ4v) is 1.37. The molecule has 0 radical (unpaired) electrons. The summed E-state index contributed by atoms with van der Waals surface area (Å²) in [5.74, 6) is -1.14. The molecule has 0 heterocycles. The first-order chi connectivity index (χ1) is 7.29. The highest BCUT2D eigenvalue weighted by Gasteiger charge is 2.30. The molecule has 0 N–H and O–H groups in total. The second kappa shape index (κ2) is 4.93. The summed E-state index contributed by atoms with van der Waals surface area (Å²) in [5.41, 5.74) is -0.157. The van der Waals surface area contributed by atoms with Crippen molar-refractivity contribution in [1.82, 2.24) is 0 Å². The zero-order valence-corrected chi connectivity index (χ0v) is 9.16. The van der Waals surface area contributed by atoms with Crippen molar-refractivity contribution < 1.29 is 22.7 Å². The molecular formula is C9H5Cl2F3O2. The largest absolute Gasteiger partial charge is 0.452 e. The summed E-state index contributed by atoms with van der Waals surface area (Å²) in [6, 6.07) is 3.77. The molecule has 0 aliphatic carbocycles. The van der Waals surface area contributed by atoms with Crippen LogP contribution in [0.25, 0.3) is 0 Å². The van der Waals surface area contributed by atoms with Crippen LogP contribution in [0.2, 0.25) is 10.0 Å². The van der Waals surface area contributed by atoms with Crippen molar-refractivity contribution in [1.29, 1.82) is 0 Å². The van der Waals surface area contributed by atoms with E-state index in [0.29, 0.717) is 0 Å². The van der Waals surface area contributed by atoms with Gasteiger partial charge in [-0.05, 0) is 18.2 Å². The van der Waals surface area contributed by atoms with Crippen molar-refractivity contribution in [2.24, 2.45) is 0 Å². The van der Waals surface area contributed by atoms with Gasteiger partial charge in [-0.15, -0.1) is 0 Å². The van der Waals surface area contributed by atoms with Crippen LogP contribution in [0.5, 0.6) is 0 Å². The third kappa shape index (κ3) is 3.90. The maximum atomic E-state index is 11.8. The first-order valence-corrected chi connectivity index (χ1v) is 4.74. The lowest BCUT2D eigenvalue weighted by atomic mass is 10.2. The summed E-state index contributed by atoms with van der Waals surface area (Å²) < 4.78 is 39.3. The van der Waals surface area contributed by atoms with E-state index in [1.807, 2.05) is 0 Å². The van der Waals surface area contributed by atoms with Crippen molar-refractivity contribution in [3.8, 4) is 0 Å². The Morgan fingerprint density at radius 3 is 2.44 bits per heavy atom. The van der Waals surface area contributed by atoms with Gasteiger partial charge in [0.25, 0.3) is 0 Å². The van der Waals surface area contributed by atoms with E-state index in [-0.39, 0.29) is 15.6 Å². The minimum Gasteiger partial charge on any atom is -0.452 e. The topological polar surface area (TPSA) is 26.3 Å². The molecule has 1 aromatic rings. The summed E-state index contributed by atoms with van der Waals surface area (Å²) in [6.07, 6.45) is -4.56. The number of esters is 1. The van der Waals surface area contributed by atoms with Crippen LogP contribution < -0.4 is 0 Å². The van der Waals surface area contributed by atoms with Gasteiger partial charge in [0, 0.05) is 5.02 Å². The van der Waals surface area contributed by atoms with E-state index in [1.165, 1.54) is 18.2 Å². The van der Waals surface area contributed by atoms with Gasteiger partial charge in [0.2, 0.25) is 0 Å². The molecule has 0 unspecified atom stereocenters. The van der Waals surface area contributed by atoms with Crippen LogP contribution in [0.15, 0.2) is 18.2 Å². The van der Waals surface area contributed by atoms with Crippen LogP contribution in [0.4, 0.5) is 13.2 Å². The quantitative estimate of drug-likeness (QED) is 0.768. The van der Waals surface area contributed by atoms with Gasteiger partial charge in [-0.25, -0.2) is 4.79 Å². The molecule has 88 valence electrons. The van der Waals surface area contributed by atoms with Gasteiger partial charge in [0.15, 0.2) is 6.61 Å². The molecule has 1 aromatic carbocycles. The van der Waals surface area contributed by atoms with Gasteiger partial charge in [0.1, 0.15) is 0 Å². The summed E-state index contributed by atoms with van der Waals surface area (Å²) >= 11 is 11.2. The Bertz CT molecular complexity index is 404. The number of carbonyl (C=O) groups is 1. The average Bonchev–Trinajstić information content (AvgIpc) is 2.13. The van der Waals surface area contributed by atoms with Crippen molar-refractivity contribution in [2.45, 2.75) is 6.18 Å². The monoisotopic (exact) mass is 272 g/mol. The summed E-state index contributed by atoms with van der Waals surface area (Å²) in [6.45, 7) is -1.65. The van der Waals surface area contributed by atoms with Crippen LogP contribution >= 0.6 is 23.2 Å². The molecule has 1 rings (SSSR count). The van der Waals surface area contributed by atoms with Crippen molar-refractivity contribution >= 4 is 29.2 Å². The standard InChI is InChI=1S/C9H5Cl2F3O2/c10-5-1-2-6(7(11)3-5)8(15)16-4-9(12,13)14/h1-3H,4H2. The number of carbonyl (C=O) groups excluding carboxylic acids is 1. The molecule has 0 spiro atoms. The molecule has 0 amide bonds. The summed E-state index contributed by atoms with van der Waals surface area (Å²) in [7, 11) is 0. The predicted molar refractivity (Wildman–Crippen MR) is 52.8 cm³/mol. The van der Waals surface area contributed by atoms with Gasteiger partial charge in [0.05, 0.1) is 10.6 Å². The van der Waals surface area contributed by atoms with Crippen molar-refractivity contribution in [2.75, 3.05) is 6.61 Å².